The molecule has 0 bridgehead atoms. The van der Waals surface area contributed by atoms with E-state index in [1.807, 2.05) is 11.0 Å². The first-order valence-corrected chi connectivity index (χ1v) is 10.5. The normalized spacial score (nSPS) is 17.0. The third-order valence-corrected chi connectivity index (χ3v) is 5.58. The van der Waals surface area contributed by atoms with Crippen LogP contribution in [-0.2, 0) is 23.9 Å². The minimum Gasteiger partial charge on any atom is -0.471 e. The van der Waals surface area contributed by atoms with Crippen molar-refractivity contribution in [2.24, 2.45) is 21.9 Å². The lowest BCUT2D eigenvalue weighted by Crippen LogP contribution is -2.37. The summed E-state index contributed by atoms with van der Waals surface area (Å²) in [5.74, 6) is 6.15. The number of aromatic nitrogens is 2. The lowest BCUT2D eigenvalue weighted by atomic mass is 10.0. The van der Waals surface area contributed by atoms with E-state index in [1.165, 1.54) is 6.07 Å². The molecule has 33 heavy (non-hydrogen) atoms. The van der Waals surface area contributed by atoms with E-state index < -0.39 is 11.9 Å². The maximum Gasteiger partial charge on any atom is 0.433 e. The van der Waals surface area contributed by atoms with Crippen molar-refractivity contribution in [3.8, 4) is 5.88 Å². The number of halogens is 3. The summed E-state index contributed by atoms with van der Waals surface area (Å²) in [6.07, 6.45) is 0.879. The van der Waals surface area contributed by atoms with E-state index in [0.29, 0.717) is 36.8 Å². The second-order valence-electron chi connectivity index (χ2n) is 8.04. The monoisotopic (exact) mass is 460 g/mol. The van der Waals surface area contributed by atoms with Crippen LogP contribution in [0.5, 0.6) is 5.88 Å². The van der Waals surface area contributed by atoms with Gasteiger partial charge >= 0.3 is 6.18 Å². The summed E-state index contributed by atoms with van der Waals surface area (Å²) in [6, 6.07) is 3.90. The summed E-state index contributed by atoms with van der Waals surface area (Å²) >= 11 is 0. The molecule has 4 rings (SSSR count). The third-order valence-electron chi connectivity index (χ3n) is 5.58. The van der Waals surface area contributed by atoms with Crippen LogP contribution in [0.25, 0.3) is 0 Å². The van der Waals surface area contributed by atoms with Crippen LogP contribution in [0.15, 0.2) is 40.7 Å². The number of ether oxygens (including phenoxy) is 1. The lowest BCUT2D eigenvalue weighted by Gasteiger charge is -2.29. The van der Waals surface area contributed by atoms with Crippen molar-refractivity contribution in [3.63, 3.8) is 0 Å². The third kappa shape index (κ3) is 5.47. The average molecular weight is 460 g/mol. The fourth-order valence-electron chi connectivity index (χ4n) is 3.48. The zero-order chi connectivity index (χ0) is 23.6. The van der Waals surface area contributed by atoms with Gasteiger partial charge in [-0.15, -0.1) is 0 Å². The van der Waals surface area contributed by atoms with E-state index >= 15 is 0 Å². The highest BCUT2D eigenvalue weighted by Gasteiger charge is 2.35. The van der Waals surface area contributed by atoms with E-state index in [4.69, 9.17) is 10.6 Å². The van der Waals surface area contributed by atoms with Crippen molar-refractivity contribution in [2.45, 2.75) is 38.9 Å². The number of alkyl halides is 3. The second-order valence-corrected chi connectivity index (χ2v) is 8.04. The predicted octanol–water partition coefficient (Wildman–Crippen LogP) is 3.28. The largest absolute Gasteiger partial charge is 0.471 e. The number of amides is 1. The molecule has 2 aromatic heterocycles. The van der Waals surface area contributed by atoms with Gasteiger partial charge in [0.25, 0.3) is 0 Å². The molecular formula is C22H23F3N6O2. The van der Waals surface area contributed by atoms with Crippen molar-refractivity contribution in [3.05, 3.63) is 47.4 Å². The molecule has 11 heteroatoms. The number of fused-ring (bicyclic) bond motifs is 1. The number of hydrazone groups is 1. The first kappa shape index (κ1) is 22.7. The number of hydrogen-bond donors (Lipinski definition) is 1. The first-order chi connectivity index (χ1) is 15.7. The van der Waals surface area contributed by atoms with Gasteiger partial charge in [-0.2, -0.15) is 18.3 Å². The maximum atomic E-state index is 12.7. The molecule has 0 radical (unpaired) electrons. The van der Waals surface area contributed by atoms with Gasteiger partial charge in [-0.3, -0.25) is 4.79 Å². The van der Waals surface area contributed by atoms with Crippen molar-refractivity contribution in [1.29, 1.82) is 0 Å². The van der Waals surface area contributed by atoms with Gasteiger partial charge in [-0.05, 0) is 49.4 Å². The first-order valence-electron chi connectivity index (χ1n) is 10.5. The molecule has 8 nitrogen and oxygen atoms in total. The van der Waals surface area contributed by atoms with Crippen molar-refractivity contribution >= 4 is 23.0 Å². The molecule has 2 N–H and O–H groups in total. The zero-order valence-corrected chi connectivity index (χ0v) is 18.0. The Balaban J connectivity index is 1.44. The summed E-state index contributed by atoms with van der Waals surface area (Å²) in [7, 11) is 0. The molecule has 1 saturated carbocycles. The molecule has 0 unspecified atom stereocenters. The van der Waals surface area contributed by atoms with Gasteiger partial charge in [0.15, 0.2) is 0 Å². The van der Waals surface area contributed by atoms with Gasteiger partial charge < -0.3 is 15.5 Å². The summed E-state index contributed by atoms with van der Waals surface area (Å²) in [5, 5.41) is 3.62. The van der Waals surface area contributed by atoms with Gasteiger partial charge in [0.05, 0.1) is 17.6 Å². The van der Waals surface area contributed by atoms with Crippen molar-refractivity contribution < 1.29 is 22.7 Å². The number of carbonyl (C=O) groups excluding carboxylic acids is 1. The van der Waals surface area contributed by atoms with Crippen LogP contribution in [0.1, 0.15) is 36.6 Å². The number of nitrogens with zero attached hydrogens (tertiary/aromatic N) is 5. The van der Waals surface area contributed by atoms with Crippen LogP contribution in [0.4, 0.5) is 18.9 Å². The summed E-state index contributed by atoms with van der Waals surface area (Å²) < 4.78 is 43.9. The molecule has 1 amide bonds. The molecule has 2 aromatic rings. The average Bonchev–Trinajstić information content (AvgIpc) is 3.65. The van der Waals surface area contributed by atoms with Crippen molar-refractivity contribution in [2.75, 3.05) is 13.2 Å². The molecule has 174 valence electrons. The fraction of sp³-hybridized carbons (Fsp3) is 0.409. The van der Waals surface area contributed by atoms with E-state index in [-0.39, 0.29) is 24.1 Å². The van der Waals surface area contributed by atoms with Crippen LogP contribution in [0, 0.1) is 5.92 Å². The van der Waals surface area contributed by atoms with Crippen LogP contribution in [-0.4, -0.2) is 45.4 Å². The Morgan fingerprint density at radius 1 is 1.24 bits per heavy atom. The van der Waals surface area contributed by atoms with Crippen molar-refractivity contribution in [1.82, 2.24) is 14.9 Å². The molecular weight excluding hydrogens is 437 g/mol. The number of carbonyl (C=O) groups is 1. The molecule has 3 heterocycles. The molecule has 0 atom stereocenters. The van der Waals surface area contributed by atoms with Gasteiger partial charge in [-0.1, -0.05) is 0 Å². The summed E-state index contributed by atoms with van der Waals surface area (Å²) in [5.41, 5.74) is 1.96. The Hall–Kier alpha value is -3.50. The van der Waals surface area contributed by atoms with Gasteiger partial charge in [0.1, 0.15) is 18.0 Å². The van der Waals surface area contributed by atoms with Gasteiger partial charge in [0.2, 0.25) is 11.8 Å². The minimum absolute atomic E-state index is 0.0361. The fourth-order valence-corrected chi connectivity index (χ4v) is 3.48. The number of pyridine rings is 2. The van der Waals surface area contributed by atoms with Crippen LogP contribution >= 0.6 is 0 Å². The molecule has 0 aromatic carbocycles. The Bertz CT molecular complexity index is 1090. The quantitative estimate of drug-likeness (QED) is 0.405. The molecule has 0 saturated heterocycles. The van der Waals surface area contributed by atoms with Crippen LogP contribution < -0.4 is 10.6 Å². The SMILES string of the molecule is C/C(=N/N)C(COc1cc2c(cn1)CN(C(=O)C1CC1)CC2)=Nc1ccc(C(F)(F)F)nc1. The molecule has 1 aliphatic heterocycles. The van der Waals surface area contributed by atoms with Gasteiger partial charge in [-0.25, -0.2) is 15.0 Å². The number of aliphatic imine (C=N–C) groups is 1. The second kappa shape index (κ2) is 9.16. The van der Waals surface area contributed by atoms with Crippen LogP contribution in [0.3, 0.4) is 0 Å². The topological polar surface area (TPSA) is 106 Å². The lowest BCUT2D eigenvalue weighted by molar-refractivity contribution is -0.141. The summed E-state index contributed by atoms with van der Waals surface area (Å²) in [4.78, 5) is 26.2. The molecule has 1 fully saturated rings. The summed E-state index contributed by atoms with van der Waals surface area (Å²) in [6.45, 7) is 2.79. The number of hydrogen-bond acceptors (Lipinski definition) is 7. The number of nitrogens with two attached hydrogens (primary N) is 1. The standard InChI is InChI=1S/C22H23F3N6O2/c1-13(30-26)18(29-17-4-5-19(27-10-17)22(23,24)25)12-33-20-8-15-6-7-31(11-16(15)9-28-20)21(32)14-2-3-14/h4-5,8-10,14H,2-3,6-7,11-12,26H2,1H3/b29-18?,30-13-. The minimum atomic E-state index is -4.52. The molecule has 1 aliphatic carbocycles. The highest BCUT2D eigenvalue weighted by molar-refractivity contribution is 6.42. The van der Waals surface area contributed by atoms with Gasteiger partial charge in [0, 0.05) is 31.3 Å². The Morgan fingerprint density at radius 2 is 2.03 bits per heavy atom. The molecule has 0 spiro atoms. The van der Waals surface area contributed by atoms with E-state index in [0.717, 1.165) is 36.2 Å². The number of rotatable bonds is 6. The smallest absolute Gasteiger partial charge is 0.433 e. The Morgan fingerprint density at radius 3 is 2.67 bits per heavy atom. The van der Waals surface area contributed by atoms with E-state index in [9.17, 15) is 18.0 Å². The van der Waals surface area contributed by atoms with Crippen LogP contribution in [0.2, 0.25) is 0 Å². The highest BCUT2D eigenvalue weighted by atomic mass is 19.4. The Kier molecular flexibility index (Phi) is 6.30. The predicted molar refractivity (Wildman–Crippen MR) is 115 cm³/mol. The Labute approximate surface area is 188 Å². The highest BCUT2D eigenvalue weighted by Crippen LogP contribution is 2.33. The molecule has 2 aliphatic rings. The zero-order valence-electron chi connectivity index (χ0n) is 18.0. The van der Waals surface area contributed by atoms with E-state index in [2.05, 4.69) is 20.1 Å². The maximum absolute atomic E-state index is 12.7. The van der Waals surface area contributed by atoms with E-state index in [1.54, 1.807) is 13.1 Å².